The molecule has 178 valence electrons. The fourth-order valence-corrected chi connectivity index (χ4v) is 4.33. The Morgan fingerprint density at radius 3 is 1.91 bits per heavy atom. The molecule has 0 radical (unpaired) electrons. The second-order valence-electron chi connectivity index (χ2n) is 7.71. The number of rotatable bonds is 8. The van der Waals surface area contributed by atoms with Crippen molar-refractivity contribution in [2.75, 3.05) is 21.7 Å². The van der Waals surface area contributed by atoms with Crippen LogP contribution in [0.5, 0.6) is 0 Å². The Kier molecular flexibility index (Phi) is 8.22. The van der Waals surface area contributed by atoms with E-state index in [1.165, 1.54) is 11.8 Å². The van der Waals surface area contributed by atoms with Crippen molar-refractivity contribution < 1.29 is 4.79 Å². The molecular formula is C25H22BrClN6OS. The summed E-state index contributed by atoms with van der Waals surface area (Å²) in [5.41, 5.74) is 4.55. The molecule has 7 nitrogen and oxygen atoms in total. The van der Waals surface area contributed by atoms with Gasteiger partial charge in [0.2, 0.25) is 17.8 Å². The molecule has 0 bridgehead atoms. The van der Waals surface area contributed by atoms with Gasteiger partial charge in [-0.3, -0.25) is 4.79 Å². The fourth-order valence-electron chi connectivity index (χ4n) is 2.97. The minimum atomic E-state index is -0.222. The molecule has 0 saturated carbocycles. The normalized spacial score (nSPS) is 10.6. The Morgan fingerprint density at radius 2 is 1.40 bits per heavy atom. The standard InChI is InChI=1S/C25H22BrClN6OS/c1-15-3-8-18(9-4-15)28-23-31-24(29-19-10-5-16(2)6-11-19)33-25(32-23)35-14-22(34)30-21-12-7-17(26)13-20(21)27/h3-13H,14H2,1-2H3,(H,30,34)(H2,28,29,31,32,33). The highest BCUT2D eigenvalue weighted by Gasteiger charge is 2.12. The summed E-state index contributed by atoms with van der Waals surface area (Å²) in [5.74, 6) is 0.625. The molecule has 10 heteroatoms. The summed E-state index contributed by atoms with van der Waals surface area (Å²) >= 11 is 10.8. The van der Waals surface area contributed by atoms with Crippen LogP contribution in [-0.2, 0) is 4.79 Å². The van der Waals surface area contributed by atoms with Gasteiger partial charge < -0.3 is 16.0 Å². The largest absolute Gasteiger partial charge is 0.324 e. The van der Waals surface area contributed by atoms with E-state index in [0.29, 0.717) is 27.8 Å². The van der Waals surface area contributed by atoms with Gasteiger partial charge in [0.05, 0.1) is 16.5 Å². The Labute approximate surface area is 221 Å². The molecule has 3 aromatic carbocycles. The molecule has 0 atom stereocenters. The molecule has 0 aliphatic rings. The van der Waals surface area contributed by atoms with Gasteiger partial charge in [-0.25, -0.2) is 0 Å². The van der Waals surface area contributed by atoms with Crippen LogP contribution in [0.2, 0.25) is 5.02 Å². The molecule has 1 amide bonds. The van der Waals surface area contributed by atoms with Gasteiger partial charge in [0.25, 0.3) is 0 Å². The summed E-state index contributed by atoms with van der Waals surface area (Å²) in [7, 11) is 0. The molecule has 4 aromatic rings. The number of hydrogen-bond acceptors (Lipinski definition) is 7. The zero-order valence-corrected chi connectivity index (χ0v) is 22.1. The number of benzene rings is 3. The van der Waals surface area contributed by atoms with E-state index in [1.54, 1.807) is 12.1 Å². The molecule has 0 unspecified atom stereocenters. The summed E-state index contributed by atoms with van der Waals surface area (Å²) in [4.78, 5) is 26.0. The first kappa shape index (κ1) is 25.0. The lowest BCUT2D eigenvalue weighted by atomic mass is 10.2. The minimum Gasteiger partial charge on any atom is -0.324 e. The van der Waals surface area contributed by atoms with Crippen LogP contribution < -0.4 is 16.0 Å². The van der Waals surface area contributed by atoms with Gasteiger partial charge in [-0.1, -0.05) is 74.7 Å². The van der Waals surface area contributed by atoms with Crippen molar-refractivity contribution in [1.29, 1.82) is 0 Å². The van der Waals surface area contributed by atoms with E-state index in [4.69, 9.17) is 11.6 Å². The molecule has 0 aliphatic heterocycles. The van der Waals surface area contributed by atoms with Crippen LogP contribution in [0, 0.1) is 13.8 Å². The molecule has 0 aliphatic carbocycles. The monoisotopic (exact) mass is 568 g/mol. The van der Waals surface area contributed by atoms with Crippen molar-refractivity contribution in [3.05, 3.63) is 87.4 Å². The number of halogens is 2. The lowest BCUT2D eigenvalue weighted by Crippen LogP contribution is -2.15. The zero-order valence-electron chi connectivity index (χ0n) is 19.0. The van der Waals surface area contributed by atoms with Crippen LogP contribution >= 0.6 is 39.3 Å². The molecule has 0 saturated heterocycles. The van der Waals surface area contributed by atoms with E-state index in [1.807, 2.05) is 68.4 Å². The number of aromatic nitrogens is 3. The van der Waals surface area contributed by atoms with Crippen molar-refractivity contribution in [3.8, 4) is 0 Å². The maximum Gasteiger partial charge on any atom is 0.234 e. The fraction of sp³-hybridized carbons (Fsp3) is 0.120. The quantitative estimate of drug-likeness (QED) is 0.195. The summed E-state index contributed by atoms with van der Waals surface area (Å²) in [6.07, 6.45) is 0. The minimum absolute atomic E-state index is 0.102. The van der Waals surface area contributed by atoms with Crippen LogP contribution in [0.4, 0.5) is 29.0 Å². The molecule has 0 spiro atoms. The van der Waals surface area contributed by atoms with Crippen LogP contribution in [0.1, 0.15) is 11.1 Å². The first-order valence-electron chi connectivity index (χ1n) is 10.7. The third-order valence-corrected chi connectivity index (χ3v) is 6.42. The number of thioether (sulfide) groups is 1. The number of aryl methyl sites for hydroxylation is 2. The number of carbonyl (C=O) groups is 1. The second kappa shape index (κ2) is 11.5. The maximum absolute atomic E-state index is 12.5. The van der Waals surface area contributed by atoms with E-state index in [0.717, 1.165) is 27.0 Å². The predicted octanol–water partition coefficient (Wildman–Crippen LogP) is 7.12. The van der Waals surface area contributed by atoms with Gasteiger partial charge in [0, 0.05) is 15.8 Å². The highest BCUT2D eigenvalue weighted by Crippen LogP contribution is 2.26. The van der Waals surface area contributed by atoms with Gasteiger partial charge in [0.15, 0.2) is 5.16 Å². The van der Waals surface area contributed by atoms with Gasteiger partial charge >= 0.3 is 0 Å². The van der Waals surface area contributed by atoms with Gasteiger partial charge in [-0.2, -0.15) is 15.0 Å². The van der Waals surface area contributed by atoms with Crippen LogP contribution in [0.25, 0.3) is 0 Å². The average molecular weight is 570 g/mol. The van der Waals surface area contributed by atoms with E-state index in [-0.39, 0.29) is 11.7 Å². The first-order valence-corrected chi connectivity index (χ1v) is 12.8. The predicted molar refractivity (Wildman–Crippen MR) is 147 cm³/mol. The summed E-state index contributed by atoms with van der Waals surface area (Å²) in [6.45, 7) is 4.05. The third-order valence-electron chi connectivity index (χ3n) is 4.77. The Balaban J connectivity index is 1.51. The SMILES string of the molecule is Cc1ccc(Nc2nc(Nc3ccc(C)cc3)nc(SCC(=O)Nc3ccc(Br)cc3Cl)n2)cc1. The number of anilines is 5. The van der Waals surface area contributed by atoms with E-state index >= 15 is 0 Å². The Hall–Kier alpha value is -3.14. The molecule has 3 N–H and O–H groups in total. The molecular weight excluding hydrogens is 548 g/mol. The lowest BCUT2D eigenvalue weighted by molar-refractivity contribution is -0.113. The van der Waals surface area contributed by atoms with Crippen LogP contribution in [0.3, 0.4) is 0 Å². The van der Waals surface area contributed by atoms with Gasteiger partial charge in [-0.15, -0.1) is 0 Å². The molecule has 35 heavy (non-hydrogen) atoms. The van der Waals surface area contributed by atoms with E-state index < -0.39 is 0 Å². The van der Waals surface area contributed by atoms with Crippen LogP contribution in [-0.4, -0.2) is 26.6 Å². The van der Waals surface area contributed by atoms with E-state index in [2.05, 4.69) is 46.8 Å². The molecule has 1 aromatic heterocycles. The lowest BCUT2D eigenvalue weighted by Gasteiger charge is -2.11. The van der Waals surface area contributed by atoms with Gasteiger partial charge in [-0.05, 0) is 56.3 Å². The van der Waals surface area contributed by atoms with E-state index in [9.17, 15) is 4.79 Å². The van der Waals surface area contributed by atoms with Crippen LogP contribution in [0.15, 0.2) is 76.4 Å². The maximum atomic E-state index is 12.5. The Bertz CT molecular complexity index is 1270. The number of carbonyl (C=O) groups excluding carboxylic acids is 1. The summed E-state index contributed by atoms with van der Waals surface area (Å²) < 4.78 is 0.835. The highest BCUT2D eigenvalue weighted by atomic mass is 79.9. The van der Waals surface area contributed by atoms with Crippen molar-refractivity contribution in [3.63, 3.8) is 0 Å². The molecule has 4 rings (SSSR count). The number of nitrogens with zero attached hydrogens (tertiary/aromatic N) is 3. The first-order chi connectivity index (χ1) is 16.8. The van der Waals surface area contributed by atoms with Gasteiger partial charge in [0.1, 0.15) is 0 Å². The number of amides is 1. The molecule has 0 fully saturated rings. The number of nitrogens with one attached hydrogen (secondary N) is 3. The second-order valence-corrected chi connectivity index (χ2v) is 9.97. The average Bonchev–Trinajstić information content (AvgIpc) is 2.82. The number of hydrogen-bond donors (Lipinski definition) is 3. The molecule has 1 heterocycles. The summed E-state index contributed by atoms with van der Waals surface area (Å²) in [6, 6.07) is 21.1. The third kappa shape index (κ3) is 7.42. The topological polar surface area (TPSA) is 91.8 Å². The highest BCUT2D eigenvalue weighted by molar-refractivity contribution is 9.10. The Morgan fingerprint density at radius 1 is 0.857 bits per heavy atom. The zero-order chi connectivity index (χ0) is 24.8. The van der Waals surface area contributed by atoms with Crippen molar-refractivity contribution in [1.82, 2.24) is 15.0 Å². The van der Waals surface area contributed by atoms with Crippen molar-refractivity contribution in [2.45, 2.75) is 19.0 Å². The smallest absolute Gasteiger partial charge is 0.234 e. The van der Waals surface area contributed by atoms with Crippen molar-refractivity contribution >= 4 is 74.2 Å². The van der Waals surface area contributed by atoms with Crippen molar-refractivity contribution in [2.24, 2.45) is 0 Å². The summed E-state index contributed by atoms with van der Waals surface area (Å²) in [5, 5.41) is 10.1.